The predicted molar refractivity (Wildman–Crippen MR) is 128 cm³/mol. The van der Waals surface area contributed by atoms with E-state index in [-0.39, 0.29) is 41.8 Å². The SMILES string of the molecule is CCOC(=O)C1=C(O)/C(=C/c2ccc(OCc3ccccc3F)c(OC)c2)SC1=NC(=O)CC. The summed E-state index contributed by atoms with van der Waals surface area (Å²) in [6, 6.07) is 11.4. The number of methoxy groups -OCH3 is 1. The molecule has 178 valence electrons. The van der Waals surface area contributed by atoms with Gasteiger partial charge >= 0.3 is 5.97 Å². The van der Waals surface area contributed by atoms with Gasteiger partial charge in [-0.1, -0.05) is 43.0 Å². The van der Waals surface area contributed by atoms with Crippen LogP contribution in [0.25, 0.3) is 6.08 Å². The number of carbonyl (C=O) groups excluding carboxylic acids is 2. The Hall–Kier alpha value is -3.59. The van der Waals surface area contributed by atoms with E-state index in [9.17, 15) is 19.1 Å². The number of halogens is 1. The Bertz CT molecular complexity index is 1190. The molecule has 34 heavy (non-hydrogen) atoms. The molecule has 0 fully saturated rings. The molecule has 1 heterocycles. The third-order valence-corrected chi connectivity index (χ3v) is 5.75. The molecule has 1 aliphatic heterocycles. The van der Waals surface area contributed by atoms with Gasteiger partial charge in [0.1, 0.15) is 28.8 Å². The van der Waals surface area contributed by atoms with Crippen LogP contribution in [0, 0.1) is 5.82 Å². The van der Waals surface area contributed by atoms with E-state index in [4.69, 9.17) is 14.2 Å². The first-order chi connectivity index (χ1) is 16.4. The second-order valence-electron chi connectivity index (χ2n) is 7.01. The number of aliphatic hydroxyl groups is 1. The zero-order chi connectivity index (χ0) is 24.7. The molecule has 9 heteroatoms. The lowest BCUT2D eigenvalue weighted by Crippen LogP contribution is -2.14. The smallest absolute Gasteiger partial charge is 0.344 e. The van der Waals surface area contributed by atoms with Gasteiger partial charge in [0.05, 0.1) is 18.6 Å². The molecule has 1 amide bonds. The number of rotatable bonds is 8. The molecule has 1 aliphatic rings. The minimum atomic E-state index is -0.756. The summed E-state index contributed by atoms with van der Waals surface area (Å²) in [6.07, 6.45) is 1.78. The van der Waals surface area contributed by atoms with E-state index in [2.05, 4.69) is 4.99 Å². The molecule has 2 aromatic rings. The molecule has 7 nitrogen and oxygen atoms in total. The second-order valence-corrected chi connectivity index (χ2v) is 8.04. The molecule has 1 N–H and O–H groups in total. The summed E-state index contributed by atoms with van der Waals surface area (Å²) < 4.78 is 30.0. The quantitative estimate of drug-likeness (QED) is 0.513. The van der Waals surface area contributed by atoms with Crippen molar-refractivity contribution in [3.8, 4) is 11.5 Å². The number of esters is 1. The van der Waals surface area contributed by atoms with Gasteiger partial charge in [0.25, 0.3) is 0 Å². The van der Waals surface area contributed by atoms with Crippen molar-refractivity contribution in [1.82, 2.24) is 0 Å². The fourth-order valence-corrected chi connectivity index (χ4v) is 4.03. The van der Waals surface area contributed by atoms with Crippen LogP contribution >= 0.6 is 11.8 Å². The number of nitrogens with zero attached hydrogens (tertiary/aromatic N) is 1. The first-order valence-electron chi connectivity index (χ1n) is 10.5. The number of benzene rings is 2. The Kier molecular flexibility index (Phi) is 8.48. The van der Waals surface area contributed by atoms with Gasteiger partial charge in [-0.05, 0) is 36.8 Å². The molecule has 0 saturated heterocycles. The third-order valence-electron chi connectivity index (χ3n) is 4.73. The van der Waals surface area contributed by atoms with Crippen LogP contribution in [-0.4, -0.2) is 35.7 Å². The van der Waals surface area contributed by atoms with E-state index in [0.29, 0.717) is 27.5 Å². The van der Waals surface area contributed by atoms with E-state index in [1.54, 1.807) is 56.3 Å². The summed E-state index contributed by atoms with van der Waals surface area (Å²) in [5.74, 6) is -1.04. The van der Waals surface area contributed by atoms with Gasteiger partial charge < -0.3 is 19.3 Å². The van der Waals surface area contributed by atoms with Gasteiger partial charge in [-0.15, -0.1) is 0 Å². The Morgan fingerprint density at radius 3 is 2.59 bits per heavy atom. The largest absolute Gasteiger partial charge is 0.506 e. The molecule has 0 bridgehead atoms. The maximum absolute atomic E-state index is 13.9. The average Bonchev–Trinajstić information content (AvgIpc) is 3.13. The Morgan fingerprint density at radius 2 is 1.91 bits per heavy atom. The number of aliphatic hydroxyl groups excluding tert-OH is 1. The van der Waals surface area contributed by atoms with E-state index in [0.717, 1.165) is 11.8 Å². The lowest BCUT2D eigenvalue weighted by molar-refractivity contribution is -0.138. The highest BCUT2D eigenvalue weighted by molar-refractivity contribution is 8.18. The highest BCUT2D eigenvalue weighted by Crippen LogP contribution is 2.40. The molecule has 0 spiro atoms. The van der Waals surface area contributed by atoms with Gasteiger partial charge in [0.15, 0.2) is 11.5 Å². The van der Waals surface area contributed by atoms with Crippen LogP contribution in [0.4, 0.5) is 4.39 Å². The summed E-state index contributed by atoms with van der Waals surface area (Å²) in [6.45, 7) is 3.43. The third kappa shape index (κ3) is 5.85. The van der Waals surface area contributed by atoms with Gasteiger partial charge in [-0.3, -0.25) is 4.79 Å². The fourth-order valence-electron chi connectivity index (χ4n) is 3.00. The number of thioether (sulfide) groups is 1. The lowest BCUT2D eigenvalue weighted by Gasteiger charge is -2.12. The molecule has 0 aliphatic carbocycles. The monoisotopic (exact) mass is 485 g/mol. The highest BCUT2D eigenvalue weighted by Gasteiger charge is 2.33. The molecule has 3 rings (SSSR count). The number of aliphatic imine (C=N–C) groups is 1. The maximum Gasteiger partial charge on any atom is 0.344 e. The first kappa shape index (κ1) is 25.0. The van der Waals surface area contributed by atoms with Gasteiger partial charge in [0, 0.05) is 12.0 Å². The standard InChI is InChI=1S/C25H24FNO6S/c1-4-21(28)27-24-22(25(30)32-5-2)23(29)20(34-24)13-15-10-11-18(19(12-15)31-3)33-14-16-8-6-7-9-17(16)26/h6-13,29H,4-5,14H2,1-3H3/b20-13-,27-24?. The van der Waals surface area contributed by atoms with Crippen molar-refractivity contribution in [2.45, 2.75) is 26.9 Å². The molecule has 0 atom stereocenters. The second kappa shape index (κ2) is 11.5. The summed E-state index contributed by atoms with van der Waals surface area (Å²) in [7, 11) is 1.48. The predicted octanol–water partition coefficient (Wildman–Crippen LogP) is 5.21. The Morgan fingerprint density at radius 1 is 1.15 bits per heavy atom. The normalized spacial score (nSPS) is 15.6. The zero-order valence-electron chi connectivity index (χ0n) is 19.0. The van der Waals surface area contributed by atoms with Crippen molar-refractivity contribution >= 4 is 34.8 Å². The lowest BCUT2D eigenvalue weighted by atomic mass is 10.1. The van der Waals surface area contributed by atoms with Crippen molar-refractivity contribution in [3.63, 3.8) is 0 Å². The number of hydrogen-bond acceptors (Lipinski definition) is 7. The average molecular weight is 486 g/mol. The summed E-state index contributed by atoms with van der Waals surface area (Å²) in [5, 5.41) is 10.8. The minimum absolute atomic E-state index is 0.0248. The van der Waals surface area contributed by atoms with Crippen molar-refractivity contribution in [2.75, 3.05) is 13.7 Å². The van der Waals surface area contributed by atoms with Gasteiger partial charge in [-0.2, -0.15) is 0 Å². The number of carbonyl (C=O) groups is 2. The summed E-state index contributed by atoms with van der Waals surface area (Å²) in [4.78, 5) is 28.5. The van der Waals surface area contributed by atoms with Gasteiger partial charge in [-0.25, -0.2) is 14.2 Å². The van der Waals surface area contributed by atoms with Crippen LogP contribution in [0.5, 0.6) is 11.5 Å². The number of ether oxygens (including phenoxy) is 3. The van der Waals surface area contributed by atoms with Crippen molar-refractivity contribution in [1.29, 1.82) is 0 Å². The topological polar surface area (TPSA) is 94.4 Å². The van der Waals surface area contributed by atoms with E-state index in [1.807, 2.05) is 0 Å². The Labute approximate surface area is 200 Å². The molecule has 0 unspecified atom stereocenters. The Balaban J connectivity index is 1.89. The first-order valence-corrected chi connectivity index (χ1v) is 11.4. The molecule has 0 radical (unpaired) electrons. The number of hydrogen-bond donors (Lipinski definition) is 1. The number of amides is 1. The molecule has 2 aromatic carbocycles. The zero-order valence-corrected chi connectivity index (χ0v) is 19.8. The van der Waals surface area contributed by atoms with E-state index < -0.39 is 11.9 Å². The minimum Gasteiger partial charge on any atom is -0.506 e. The summed E-state index contributed by atoms with van der Waals surface area (Å²) in [5.41, 5.74) is 0.903. The van der Waals surface area contributed by atoms with Crippen LogP contribution in [0.1, 0.15) is 31.4 Å². The van der Waals surface area contributed by atoms with Gasteiger partial charge in [0.2, 0.25) is 5.91 Å². The van der Waals surface area contributed by atoms with Crippen molar-refractivity contribution in [2.24, 2.45) is 4.99 Å². The van der Waals surface area contributed by atoms with Crippen LogP contribution in [-0.2, 0) is 20.9 Å². The van der Waals surface area contributed by atoms with Crippen LogP contribution in [0.3, 0.4) is 0 Å². The molecule has 0 saturated carbocycles. The highest BCUT2D eigenvalue weighted by atomic mass is 32.2. The molecule has 0 aromatic heterocycles. The van der Waals surface area contributed by atoms with Crippen molar-refractivity contribution in [3.05, 3.63) is 75.6 Å². The maximum atomic E-state index is 13.9. The summed E-state index contributed by atoms with van der Waals surface area (Å²) >= 11 is 0.998. The van der Waals surface area contributed by atoms with Crippen LogP contribution < -0.4 is 9.47 Å². The molecular formula is C25H24FNO6S. The van der Waals surface area contributed by atoms with Crippen LogP contribution in [0.2, 0.25) is 0 Å². The van der Waals surface area contributed by atoms with E-state index >= 15 is 0 Å². The van der Waals surface area contributed by atoms with Crippen LogP contribution in [0.15, 0.2) is 63.7 Å². The fraction of sp³-hybridized carbons (Fsp3) is 0.240. The molecular weight excluding hydrogens is 461 g/mol. The van der Waals surface area contributed by atoms with E-state index in [1.165, 1.54) is 13.2 Å². The van der Waals surface area contributed by atoms with Crippen molar-refractivity contribution < 1.29 is 33.3 Å².